The molecule has 0 atom stereocenters. The molecule has 1 amide bonds. The van der Waals surface area contributed by atoms with Crippen LogP contribution >= 0.6 is 54.5 Å². The smallest absolute Gasteiger partial charge is 0.308 e. The lowest BCUT2D eigenvalue weighted by Crippen LogP contribution is -2.41. The number of benzene rings is 2. The number of carboxylic acid groups (broad SMARTS) is 1. The molecule has 2 aromatic heterocycles. The van der Waals surface area contributed by atoms with Gasteiger partial charge in [-0.2, -0.15) is 0 Å². The lowest BCUT2D eigenvalue weighted by Gasteiger charge is -2.26. The molecule has 5 rings (SSSR count). The zero-order chi connectivity index (χ0) is 28.3. The molecule has 6 nitrogen and oxygen atoms in total. The van der Waals surface area contributed by atoms with Crippen molar-refractivity contribution in [3.05, 3.63) is 91.5 Å². The van der Waals surface area contributed by atoms with Crippen LogP contribution in [0.1, 0.15) is 9.75 Å². The lowest BCUT2D eigenvalue weighted by molar-refractivity contribution is -0.136. The summed E-state index contributed by atoms with van der Waals surface area (Å²) in [5, 5.41) is 11.7. The minimum absolute atomic E-state index is 0.0888. The Bertz CT molecular complexity index is 1420. The second-order valence-electron chi connectivity index (χ2n) is 9.10. The molecule has 0 spiro atoms. The number of hydrogen-bond acceptors (Lipinski definition) is 6. The first kappa shape index (κ1) is 30.6. The molecular formula is C30H30Br2N2O4S2. The highest BCUT2D eigenvalue weighted by molar-refractivity contribution is 9.10. The number of nitrogens with one attached hydrogen (secondary N) is 1. The maximum Gasteiger partial charge on any atom is 0.308 e. The minimum Gasteiger partial charge on any atom is -0.481 e. The predicted octanol–water partition coefficient (Wildman–Crippen LogP) is 6.97. The highest BCUT2D eigenvalue weighted by atomic mass is 79.9. The van der Waals surface area contributed by atoms with Crippen molar-refractivity contribution in [1.82, 2.24) is 10.2 Å². The molecule has 3 heterocycles. The van der Waals surface area contributed by atoms with Crippen molar-refractivity contribution in [2.24, 2.45) is 0 Å². The van der Waals surface area contributed by atoms with Crippen molar-refractivity contribution < 1.29 is 19.4 Å². The summed E-state index contributed by atoms with van der Waals surface area (Å²) < 4.78 is 7.41. The van der Waals surface area contributed by atoms with E-state index in [0.717, 1.165) is 62.0 Å². The monoisotopic (exact) mass is 704 g/mol. The van der Waals surface area contributed by atoms with E-state index in [2.05, 4.69) is 60.3 Å². The van der Waals surface area contributed by atoms with Gasteiger partial charge in [0.1, 0.15) is 0 Å². The average molecular weight is 707 g/mol. The fourth-order valence-electron chi connectivity index (χ4n) is 4.09. The summed E-state index contributed by atoms with van der Waals surface area (Å²) in [6.07, 6.45) is 0.542. The first-order valence-corrected chi connectivity index (χ1v) is 16.1. The van der Waals surface area contributed by atoms with Crippen LogP contribution in [0.5, 0.6) is 0 Å². The topological polar surface area (TPSA) is 78.9 Å². The zero-order valence-electron chi connectivity index (χ0n) is 21.8. The second-order valence-corrected chi connectivity index (χ2v) is 13.3. The van der Waals surface area contributed by atoms with E-state index in [0.29, 0.717) is 13.0 Å². The molecule has 2 aromatic carbocycles. The molecule has 2 N–H and O–H groups in total. The van der Waals surface area contributed by atoms with Gasteiger partial charge in [0.25, 0.3) is 0 Å². The maximum atomic E-state index is 12.1. The number of nitrogens with zero attached hydrogens (tertiary/aromatic N) is 1. The van der Waals surface area contributed by atoms with Gasteiger partial charge in [-0.25, -0.2) is 0 Å². The second kappa shape index (κ2) is 15.6. The molecule has 10 heteroatoms. The molecule has 4 aromatic rings. The van der Waals surface area contributed by atoms with E-state index in [9.17, 15) is 9.59 Å². The Morgan fingerprint density at radius 3 is 1.90 bits per heavy atom. The van der Waals surface area contributed by atoms with Gasteiger partial charge in [-0.1, -0.05) is 56.1 Å². The average Bonchev–Trinajstić information content (AvgIpc) is 3.59. The maximum absolute atomic E-state index is 12.1. The molecule has 210 valence electrons. The summed E-state index contributed by atoms with van der Waals surface area (Å²) in [5.41, 5.74) is 2.28. The predicted molar refractivity (Wildman–Crippen MR) is 170 cm³/mol. The van der Waals surface area contributed by atoms with Crippen LogP contribution < -0.4 is 5.32 Å². The SMILES string of the molecule is O=C(Cc1ccc(-c2cccc(Br)c2)s1)NCCN1CCOCC1.O=C(O)Cc1ccc(-c2cccc(Br)c2)s1. The van der Waals surface area contributed by atoms with E-state index >= 15 is 0 Å². The summed E-state index contributed by atoms with van der Waals surface area (Å²) in [7, 11) is 0. The van der Waals surface area contributed by atoms with Crippen molar-refractivity contribution in [2.75, 3.05) is 39.4 Å². The number of morpholine rings is 1. The number of hydrogen-bond donors (Lipinski definition) is 2. The summed E-state index contributed by atoms with van der Waals surface area (Å²) in [4.78, 5) is 29.2. The summed E-state index contributed by atoms with van der Waals surface area (Å²) in [6, 6.07) is 24.2. The third-order valence-electron chi connectivity index (χ3n) is 6.06. The van der Waals surface area contributed by atoms with E-state index in [1.807, 2.05) is 54.6 Å². The molecular weight excluding hydrogens is 676 g/mol. The molecule has 0 unspecified atom stereocenters. The van der Waals surface area contributed by atoms with E-state index in [1.54, 1.807) is 11.3 Å². The van der Waals surface area contributed by atoms with E-state index < -0.39 is 5.97 Å². The molecule has 0 aliphatic carbocycles. The molecule has 1 fully saturated rings. The standard InChI is InChI=1S/C18H21BrN2O2S.C12H9BrO2S/c19-15-3-1-2-14(12-15)17-5-4-16(24-17)13-18(22)20-6-7-21-8-10-23-11-9-21;13-9-3-1-2-8(6-9)11-5-4-10(16-11)7-12(14)15/h1-5,12H,6-11,13H2,(H,20,22);1-6H,7H2,(H,14,15). The van der Waals surface area contributed by atoms with Crippen LogP contribution in [0.15, 0.2) is 81.7 Å². The Morgan fingerprint density at radius 1 is 0.825 bits per heavy atom. The van der Waals surface area contributed by atoms with Crippen LogP contribution in [0.2, 0.25) is 0 Å². The Hall–Kier alpha value is -2.34. The first-order chi connectivity index (χ1) is 19.4. The number of carboxylic acids is 1. The van der Waals surface area contributed by atoms with Crippen LogP contribution in [0.3, 0.4) is 0 Å². The lowest BCUT2D eigenvalue weighted by atomic mass is 10.2. The molecule has 1 aliphatic heterocycles. The molecule has 1 saturated heterocycles. The van der Waals surface area contributed by atoms with Crippen LogP contribution in [0.4, 0.5) is 0 Å². The number of rotatable bonds is 9. The summed E-state index contributed by atoms with van der Waals surface area (Å²) >= 11 is 10.1. The van der Waals surface area contributed by atoms with Crippen molar-refractivity contribution in [3.8, 4) is 20.9 Å². The van der Waals surface area contributed by atoms with Gasteiger partial charge in [0.05, 0.1) is 26.1 Å². The minimum atomic E-state index is -0.789. The van der Waals surface area contributed by atoms with Gasteiger partial charge >= 0.3 is 5.97 Å². The normalized spacial score (nSPS) is 13.3. The van der Waals surface area contributed by atoms with Crippen LogP contribution in [-0.2, 0) is 27.2 Å². The first-order valence-electron chi connectivity index (χ1n) is 12.8. The molecule has 0 saturated carbocycles. The molecule has 40 heavy (non-hydrogen) atoms. The van der Waals surface area contributed by atoms with Crippen molar-refractivity contribution >= 4 is 66.4 Å². The highest BCUT2D eigenvalue weighted by Crippen LogP contribution is 2.31. The van der Waals surface area contributed by atoms with E-state index in [-0.39, 0.29) is 12.3 Å². The third kappa shape index (κ3) is 9.94. The summed E-state index contributed by atoms with van der Waals surface area (Å²) in [5.74, 6) is -0.700. The quantitative estimate of drug-likeness (QED) is 0.197. The largest absolute Gasteiger partial charge is 0.481 e. The Balaban J connectivity index is 0.000000201. The van der Waals surface area contributed by atoms with Gasteiger partial charge in [-0.3, -0.25) is 14.5 Å². The molecule has 0 bridgehead atoms. The Morgan fingerprint density at radius 2 is 1.38 bits per heavy atom. The van der Waals surface area contributed by atoms with Gasteiger partial charge in [0.15, 0.2) is 0 Å². The van der Waals surface area contributed by atoms with Gasteiger partial charge in [0.2, 0.25) is 5.91 Å². The van der Waals surface area contributed by atoms with Crippen LogP contribution in [0, 0.1) is 0 Å². The third-order valence-corrected chi connectivity index (χ3v) is 9.31. The number of halogens is 2. The van der Waals surface area contributed by atoms with E-state index in [1.165, 1.54) is 21.8 Å². The number of carbonyl (C=O) groups excluding carboxylic acids is 1. The van der Waals surface area contributed by atoms with Crippen molar-refractivity contribution in [3.63, 3.8) is 0 Å². The number of thiophene rings is 2. The van der Waals surface area contributed by atoms with Crippen LogP contribution in [-0.4, -0.2) is 61.3 Å². The van der Waals surface area contributed by atoms with Gasteiger partial charge < -0.3 is 15.2 Å². The number of amides is 1. The summed E-state index contributed by atoms with van der Waals surface area (Å²) in [6.45, 7) is 5.09. The fraction of sp³-hybridized carbons (Fsp3) is 0.267. The van der Waals surface area contributed by atoms with Crippen molar-refractivity contribution in [1.29, 1.82) is 0 Å². The molecule has 1 aliphatic rings. The highest BCUT2D eigenvalue weighted by Gasteiger charge is 2.12. The molecule has 0 radical (unpaired) electrons. The Kier molecular flexibility index (Phi) is 11.9. The number of carbonyl (C=O) groups is 2. The Labute approximate surface area is 259 Å². The zero-order valence-corrected chi connectivity index (χ0v) is 26.6. The van der Waals surface area contributed by atoms with E-state index in [4.69, 9.17) is 9.84 Å². The van der Waals surface area contributed by atoms with Crippen LogP contribution in [0.25, 0.3) is 20.9 Å². The van der Waals surface area contributed by atoms with Gasteiger partial charge in [0, 0.05) is 54.6 Å². The van der Waals surface area contributed by atoms with Crippen molar-refractivity contribution in [2.45, 2.75) is 12.8 Å². The van der Waals surface area contributed by atoms with Gasteiger partial charge in [-0.05, 0) is 59.7 Å². The fourth-order valence-corrected chi connectivity index (χ4v) is 6.88. The number of aliphatic carboxylic acids is 1. The van der Waals surface area contributed by atoms with Gasteiger partial charge in [-0.15, -0.1) is 22.7 Å². The number of ether oxygens (including phenoxy) is 1.